The molecule has 9 heteroatoms. The van der Waals surface area contributed by atoms with Crippen LogP contribution in [0.15, 0.2) is 42.5 Å². The van der Waals surface area contributed by atoms with Gasteiger partial charge < -0.3 is 10.6 Å². The van der Waals surface area contributed by atoms with Crippen LogP contribution in [-0.2, 0) is 11.0 Å². The van der Waals surface area contributed by atoms with Gasteiger partial charge in [0.2, 0.25) is 5.91 Å². The average Bonchev–Trinajstić information content (AvgIpc) is 2.54. The van der Waals surface area contributed by atoms with Crippen molar-refractivity contribution in [1.29, 1.82) is 0 Å². The maximum absolute atomic E-state index is 13.4. The molecule has 2 rings (SSSR count). The van der Waals surface area contributed by atoms with Gasteiger partial charge in [-0.05, 0) is 30.3 Å². The summed E-state index contributed by atoms with van der Waals surface area (Å²) < 4.78 is 51.4. The minimum Gasteiger partial charge on any atom is -0.343 e. The minimum absolute atomic E-state index is 0.0956. The summed E-state index contributed by atoms with van der Waals surface area (Å²) in [6.07, 6.45) is -4.59. The van der Waals surface area contributed by atoms with Crippen molar-refractivity contribution >= 4 is 29.1 Å². The third-order valence-electron chi connectivity index (χ3n) is 3.10. The second-order valence-electron chi connectivity index (χ2n) is 4.90. The zero-order valence-corrected chi connectivity index (χ0v) is 13.2. The number of benzene rings is 2. The third-order valence-corrected chi connectivity index (χ3v) is 3.43. The van der Waals surface area contributed by atoms with E-state index >= 15 is 0 Å². The Kier molecular flexibility index (Phi) is 5.63. The Balaban J connectivity index is 2.01. The molecule has 2 N–H and O–H groups in total. The fourth-order valence-corrected chi connectivity index (χ4v) is 2.06. The number of anilines is 1. The van der Waals surface area contributed by atoms with Gasteiger partial charge in [-0.1, -0.05) is 23.7 Å². The number of carbonyl (C=O) groups excluding carboxylic acids is 2. The van der Waals surface area contributed by atoms with Crippen molar-refractivity contribution in [2.75, 3.05) is 11.9 Å². The van der Waals surface area contributed by atoms with Gasteiger partial charge in [0.1, 0.15) is 5.82 Å². The number of nitrogens with one attached hydrogen (secondary N) is 2. The molecule has 0 atom stereocenters. The molecule has 2 aromatic carbocycles. The SMILES string of the molecule is O=C(CNC(=O)c1ccccc1F)Nc1cc(C(F)(F)F)ccc1Cl. The maximum Gasteiger partial charge on any atom is 0.416 e. The van der Waals surface area contributed by atoms with Gasteiger partial charge in [0, 0.05) is 0 Å². The number of hydrogen-bond donors (Lipinski definition) is 2. The second-order valence-corrected chi connectivity index (χ2v) is 5.31. The zero-order chi connectivity index (χ0) is 18.6. The molecule has 0 aliphatic carbocycles. The van der Waals surface area contributed by atoms with Crippen LogP contribution in [0.5, 0.6) is 0 Å². The lowest BCUT2D eigenvalue weighted by Gasteiger charge is -2.12. The van der Waals surface area contributed by atoms with Gasteiger partial charge in [0.25, 0.3) is 5.91 Å². The van der Waals surface area contributed by atoms with Crippen molar-refractivity contribution in [1.82, 2.24) is 5.32 Å². The predicted molar refractivity (Wildman–Crippen MR) is 83.8 cm³/mol. The first-order valence-corrected chi connectivity index (χ1v) is 7.25. The molecule has 0 unspecified atom stereocenters. The molecule has 0 aliphatic rings. The molecule has 0 aliphatic heterocycles. The van der Waals surface area contributed by atoms with E-state index in [1.165, 1.54) is 18.2 Å². The number of alkyl halides is 3. The van der Waals surface area contributed by atoms with Crippen LogP contribution >= 0.6 is 11.6 Å². The minimum atomic E-state index is -4.59. The van der Waals surface area contributed by atoms with Crippen LogP contribution in [0.2, 0.25) is 5.02 Å². The van der Waals surface area contributed by atoms with E-state index in [1.54, 1.807) is 0 Å². The summed E-state index contributed by atoms with van der Waals surface area (Å²) >= 11 is 5.75. The highest BCUT2D eigenvalue weighted by Gasteiger charge is 2.31. The Labute approximate surface area is 144 Å². The molecule has 25 heavy (non-hydrogen) atoms. The topological polar surface area (TPSA) is 58.2 Å². The molecule has 4 nitrogen and oxygen atoms in total. The van der Waals surface area contributed by atoms with Crippen LogP contribution in [0.1, 0.15) is 15.9 Å². The van der Waals surface area contributed by atoms with Crippen molar-refractivity contribution in [3.8, 4) is 0 Å². The van der Waals surface area contributed by atoms with E-state index in [0.717, 1.165) is 18.2 Å². The smallest absolute Gasteiger partial charge is 0.343 e. The summed E-state index contributed by atoms with van der Waals surface area (Å²) in [4.78, 5) is 23.6. The van der Waals surface area contributed by atoms with Crippen LogP contribution in [0, 0.1) is 5.82 Å². The molecule has 0 bridgehead atoms. The maximum atomic E-state index is 13.4. The number of rotatable bonds is 4. The molecule has 0 fully saturated rings. The fraction of sp³-hybridized carbons (Fsp3) is 0.125. The van der Waals surface area contributed by atoms with E-state index in [0.29, 0.717) is 6.07 Å². The summed E-state index contributed by atoms with van der Waals surface area (Å²) in [6.45, 7) is -0.570. The monoisotopic (exact) mass is 374 g/mol. The van der Waals surface area contributed by atoms with Crippen LogP contribution in [-0.4, -0.2) is 18.4 Å². The molecule has 0 spiro atoms. The lowest BCUT2D eigenvalue weighted by atomic mass is 10.2. The Bertz CT molecular complexity index is 809. The van der Waals surface area contributed by atoms with Gasteiger partial charge in [0.15, 0.2) is 0 Å². The molecule has 2 amide bonds. The van der Waals surface area contributed by atoms with Gasteiger partial charge in [-0.15, -0.1) is 0 Å². The highest BCUT2D eigenvalue weighted by atomic mass is 35.5. The first-order valence-electron chi connectivity index (χ1n) is 6.88. The van der Waals surface area contributed by atoms with Gasteiger partial charge in [-0.25, -0.2) is 4.39 Å². The van der Waals surface area contributed by atoms with Crippen molar-refractivity contribution in [2.45, 2.75) is 6.18 Å². The van der Waals surface area contributed by atoms with Crippen molar-refractivity contribution in [2.24, 2.45) is 0 Å². The normalized spacial score (nSPS) is 11.1. The van der Waals surface area contributed by atoms with E-state index in [4.69, 9.17) is 11.6 Å². The molecule has 0 radical (unpaired) electrons. The van der Waals surface area contributed by atoms with Crippen LogP contribution in [0.4, 0.5) is 23.2 Å². The van der Waals surface area contributed by atoms with Crippen LogP contribution in [0.3, 0.4) is 0 Å². The molecular formula is C16H11ClF4N2O2. The van der Waals surface area contributed by atoms with E-state index in [1.807, 2.05) is 0 Å². The number of hydrogen-bond acceptors (Lipinski definition) is 2. The molecule has 0 heterocycles. The summed E-state index contributed by atoms with van der Waals surface area (Å²) in [6, 6.07) is 7.60. The quantitative estimate of drug-likeness (QED) is 0.798. The fourth-order valence-electron chi connectivity index (χ4n) is 1.89. The highest BCUT2D eigenvalue weighted by Crippen LogP contribution is 2.33. The standard InChI is InChI=1S/C16H11ClF4N2O2/c17-11-6-5-9(16(19,20)21)7-13(11)23-14(24)8-22-15(25)10-3-1-2-4-12(10)18/h1-7H,8H2,(H,22,25)(H,23,24). The van der Waals surface area contributed by atoms with Gasteiger partial charge in [-0.2, -0.15) is 13.2 Å². The van der Waals surface area contributed by atoms with E-state index < -0.39 is 35.9 Å². The molecule has 0 saturated carbocycles. The summed E-state index contributed by atoms with van der Waals surface area (Å²) in [5, 5.41) is 4.24. The summed E-state index contributed by atoms with van der Waals surface area (Å²) in [7, 11) is 0. The molecule has 132 valence electrons. The molecule has 0 aromatic heterocycles. The van der Waals surface area contributed by atoms with Gasteiger partial charge >= 0.3 is 6.18 Å². The van der Waals surface area contributed by atoms with Crippen LogP contribution < -0.4 is 10.6 Å². The van der Waals surface area contributed by atoms with Gasteiger partial charge in [0.05, 0.1) is 28.4 Å². The first kappa shape index (κ1) is 18.7. The largest absolute Gasteiger partial charge is 0.416 e. The number of carbonyl (C=O) groups is 2. The number of amides is 2. The zero-order valence-electron chi connectivity index (χ0n) is 12.5. The highest BCUT2D eigenvalue weighted by molar-refractivity contribution is 6.33. The third kappa shape index (κ3) is 4.93. The molecular weight excluding hydrogens is 364 g/mol. The Morgan fingerprint density at radius 2 is 1.76 bits per heavy atom. The molecule has 0 saturated heterocycles. The Morgan fingerprint density at radius 1 is 1.08 bits per heavy atom. The second kappa shape index (κ2) is 7.52. The van der Waals surface area contributed by atoms with Crippen molar-refractivity contribution < 1.29 is 27.2 Å². The Morgan fingerprint density at radius 3 is 2.40 bits per heavy atom. The molecule has 2 aromatic rings. The van der Waals surface area contributed by atoms with Crippen molar-refractivity contribution in [3.63, 3.8) is 0 Å². The predicted octanol–water partition coefficient (Wildman–Crippen LogP) is 3.87. The van der Waals surface area contributed by atoms with Crippen LogP contribution in [0.25, 0.3) is 0 Å². The lowest BCUT2D eigenvalue weighted by molar-refractivity contribution is -0.137. The summed E-state index contributed by atoms with van der Waals surface area (Å²) in [5.41, 5.74) is -1.49. The first-order chi connectivity index (χ1) is 11.7. The average molecular weight is 375 g/mol. The van der Waals surface area contributed by atoms with Gasteiger partial charge in [-0.3, -0.25) is 9.59 Å². The van der Waals surface area contributed by atoms with Crippen molar-refractivity contribution in [3.05, 3.63) is 64.4 Å². The van der Waals surface area contributed by atoms with E-state index in [-0.39, 0.29) is 16.3 Å². The lowest BCUT2D eigenvalue weighted by Crippen LogP contribution is -2.33. The van der Waals surface area contributed by atoms with E-state index in [9.17, 15) is 27.2 Å². The number of halogens is 5. The summed E-state index contributed by atoms with van der Waals surface area (Å²) in [5.74, 6) is -2.41. The Hall–Kier alpha value is -2.61. The van der Waals surface area contributed by atoms with E-state index in [2.05, 4.69) is 10.6 Å².